The third-order valence-corrected chi connectivity index (χ3v) is 3.07. The van der Waals surface area contributed by atoms with Crippen LogP contribution in [0.3, 0.4) is 0 Å². The molecule has 84 valence electrons. The Labute approximate surface area is 97.9 Å². The van der Waals surface area contributed by atoms with E-state index in [1.165, 1.54) is 0 Å². The predicted octanol–water partition coefficient (Wildman–Crippen LogP) is 2.54. The Balaban J connectivity index is 2.53. The fourth-order valence-corrected chi connectivity index (χ4v) is 2.31. The van der Waals surface area contributed by atoms with Gasteiger partial charge in [0.25, 0.3) is 0 Å². The van der Waals surface area contributed by atoms with E-state index in [4.69, 9.17) is 10.8 Å². The topological polar surface area (TPSA) is 73.5 Å². The maximum Gasteiger partial charge on any atom is 0.135 e. The lowest BCUT2D eigenvalue weighted by Gasteiger charge is -2.15. The zero-order chi connectivity index (χ0) is 12.2. The Morgan fingerprint density at radius 1 is 1.12 bits per heavy atom. The number of hydrogen-bond acceptors (Lipinski definition) is 5. The minimum absolute atomic E-state index is 0.0743. The molecule has 0 fully saturated rings. The highest BCUT2D eigenvalue weighted by Crippen LogP contribution is 2.33. The molecule has 0 unspecified atom stereocenters. The van der Waals surface area contributed by atoms with E-state index in [1.807, 2.05) is 0 Å². The Morgan fingerprint density at radius 2 is 1.88 bits per heavy atom. The first kappa shape index (κ1) is 10.2. The summed E-state index contributed by atoms with van der Waals surface area (Å²) in [6.07, 6.45) is 0.892. The highest BCUT2D eigenvalue weighted by atomic mass is 32.1. The Bertz CT molecular complexity index is 716. The molecular weight excluding hydrogens is 246 g/mol. The quantitative estimate of drug-likeness (QED) is 0.754. The Kier molecular flexibility index (Phi) is 1.93. The third kappa shape index (κ3) is 1.26. The van der Waals surface area contributed by atoms with Gasteiger partial charge in [-0.15, -0.1) is 0 Å². The molecule has 3 rings (SSSR count). The summed E-state index contributed by atoms with van der Waals surface area (Å²) >= 11 is 0.854. The molecule has 1 aliphatic rings. The molecule has 1 aromatic carbocycles. The lowest BCUT2D eigenvalue weighted by molar-refractivity contribution is 0.625. The summed E-state index contributed by atoms with van der Waals surface area (Å²) < 4.78 is 35.3. The molecule has 0 saturated carbocycles. The van der Waals surface area contributed by atoms with Gasteiger partial charge in [0, 0.05) is 17.7 Å². The smallest absolute Gasteiger partial charge is 0.135 e. The standard InChI is InChI=1S/C10H4F2N4S/c11-3-1-5(13)9(14)7-4(12)2-6-10(8(3)7)16-17-15-6/h1-2,13-14H. The highest BCUT2D eigenvalue weighted by molar-refractivity contribution is 7.00. The molecule has 0 amide bonds. The molecule has 0 aliphatic heterocycles. The number of hydrogen-bond donors (Lipinski definition) is 2. The molecule has 0 radical (unpaired) electrons. The zero-order valence-corrected chi connectivity index (χ0v) is 9.03. The van der Waals surface area contributed by atoms with Crippen molar-refractivity contribution >= 4 is 40.0 Å². The van der Waals surface area contributed by atoms with E-state index in [9.17, 15) is 8.78 Å². The average molecular weight is 250 g/mol. The lowest BCUT2D eigenvalue weighted by atomic mass is 9.92. The summed E-state index contributed by atoms with van der Waals surface area (Å²) in [5, 5.41) is 15.0. The van der Waals surface area contributed by atoms with Gasteiger partial charge in [-0.1, -0.05) is 0 Å². The largest absolute Gasteiger partial charge is 0.299 e. The maximum atomic E-state index is 13.8. The number of fused-ring (bicyclic) bond motifs is 3. The number of rotatable bonds is 0. The summed E-state index contributed by atoms with van der Waals surface area (Å²) in [6, 6.07) is 1.11. The number of halogens is 2. The van der Waals surface area contributed by atoms with Gasteiger partial charge in [0.2, 0.25) is 0 Å². The zero-order valence-electron chi connectivity index (χ0n) is 8.21. The van der Waals surface area contributed by atoms with Crippen LogP contribution in [0, 0.1) is 16.6 Å². The van der Waals surface area contributed by atoms with Crippen LogP contribution in [0.1, 0.15) is 11.1 Å². The van der Waals surface area contributed by atoms with Crippen molar-refractivity contribution in [1.82, 2.24) is 8.75 Å². The van der Waals surface area contributed by atoms with Crippen LogP contribution in [0.25, 0.3) is 16.9 Å². The number of nitrogens with one attached hydrogen (secondary N) is 2. The molecule has 0 spiro atoms. The van der Waals surface area contributed by atoms with Crippen molar-refractivity contribution in [3.63, 3.8) is 0 Å². The van der Waals surface area contributed by atoms with Crippen molar-refractivity contribution < 1.29 is 8.78 Å². The SMILES string of the molecule is N=C1C=C(F)c2c(c(F)cc3nsnc23)C1=N. The summed E-state index contributed by atoms with van der Waals surface area (Å²) in [4.78, 5) is 0. The van der Waals surface area contributed by atoms with Crippen molar-refractivity contribution in [3.05, 3.63) is 29.1 Å². The first-order valence-electron chi connectivity index (χ1n) is 4.60. The molecule has 1 aromatic heterocycles. The number of aromatic nitrogens is 2. The van der Waals surface area contributed by atoms with Gasteiger partial charge in [-0.2, -0.15) is 8.75 Å². The third-order valence-electron chi connectivity index (χ3n) is 2.53. The molecule has 7 heteroatoms. The monoisotopic (exact) mass is 250 g/mol. The molecule has 2 N–H and O–H groups in total. The number of nitrogens with zero attached hydrogens (tertiary/aromatic N) is 2. The van der Waals surface area contributed by atoms with Gasteiger partial charge in [0.1, 0.15) is 22.7 Å². The van der Waals surface area contributed by atoms with E-state index in [1.54, 1.807) is 0 Å². The van der Waals surface area contributed by atoms with Crippen LogP contribution in [0.15, 0.2) is 12.1 Å². The van der Waals surface area contributed by atoms with Crippen molar-refractivity contribution in [2.75, 3.05) is 0 Å². The molecule has 0 bridgehead atoms. The normalized spacial score (nSPS) is 15.1. The van der Waals surface area contributed by atoms with Gasteiger partial charge in [-0.25, -0.2) is 8.78 Å². The second-order valence-electron chi connectivity index (χ2n) is 3.52. The van der Waals surface area contributed by atoms with Crippen LogP contribution in [-0.4, -0.2) is 20.2 Å². The van der Waals surface area contributed by atoms with Crippen LogP contribution < -0.4 is 0 Å². The van der Waals surface area contributed by atoms with E-state index in [0.29, 0.717) is 0 Å². The average Bonchev–Trinajstić information content (AvgIpc) is 2.71. The van der Waals surface area contributed by atoms with Gasteiger partial charge >= 0.3 is 0 Å². The molecule has 0 saturated heterocycles. The molecule has 17 heavy (non-hydrogen) atoms. The predicted molar refractivity (Wildman–Crippen MR) is 61.0 cm³/mol. The van der Waals surface area contributed by atoms with Crippen molar-refractivity contribution in [2.45, 2.75) is 0 Å². The molecular formula is C10H4F2N4S. The summed E-state index contributed by atoms with van der Waals surface area (Å²) in [5.41, 5.74) is -0.483. The Morgan fingerprint density at radius 3 is 2.65 bits per heavy atom. The van der Waals surface area contributed by atoms with Crippen molar-refractivity contribution in [2.24, 2.45) is 0 Å². The van der Waals surface area contributed by atoms with E-state index < -0.39 is 11.6 Å². The van der Waals surface area contributed by atoms with Crippen LogP contribution in [0.2, 0.25) is 0 Å². The number of benzene rings is 1. The molecule has 0 atom stereocenters. The first-order chi connectivity index (χ1) is 8.09. The maximum absolute atomic E-state index is 13.8. The van der Waals surface area contributed by atoms with E-state index in [2.05, 4.69) is 8.75 Å². The van der Waals surface area contributed by atoms with E-state index in [0.717, 1.165) is 23.9 Å². The van der Waals surface area contributed by atoms with Gasteiger partial charge in [0.05, 0.1) is 28.7 Å². The fraction of sp³-hybridized carbons (Fsp3) is 0. The van der Waals surface area contributed by atoms with Gasteiger partial charge < -0.3 is 0 Å². The van der Waals surface area contributed by atoms with E-state index in [-0.39, 0.29) is 33.6 Å². The summed E-state index contributed by atoms with van der Waals surface area (Å²) in [7, 11) is 0. The summed E-state index contributed by atoms with van der Waals surface area (Å²) in [6.45, 7) is 0. The van der Waals surface area contributed by atoms with Crippen LogP contribution in [0.5, 0.6) is 0 Å². The first-order valence-corrected chi connectivity index (χ1v) is 5.33. The molecule has 1 heterocycles. The highest BCUT2D eigenvalue weighted by Gasteiger charge is 2.28. The second-order valence-corrected chi connectivity index (χ2v) is 4.05. The minimum atomic E-state index is -0.752. The molecule has 1 aliphatic carbocycles. The van der Waals surface area contributed by atoms with Crippen LogP contribution in [0.4, 0.5) is 8.78 Å². The fourth-order valence-electron chi connectivity index (χ4n) is 1.78. The second kappa shape index (κ2) is 3.24. The Hall–Kier alpha value is -2.02. The molecule has 4 nitrogen and oxygen atoms in total. The number of allylic oxidation sites excluding steroid dienone is 1. The lowest BCUT2D eigenvalue weighted by Crippen LogP contribution is -2.19. The van der Waals surface area contributed by atoms with Gasteiger partial charge in [-0.3, -0.25) is 10.8 Å². The van der Waals surface area contributed by atoms with Gasteiger partial charge in [0.15, 0.2) is 0 Å². The summed E-state index contributed by atoms with van der Waals surface area (Å²) in [5.74, 6) is -1.50. The van der Waals surface area contributed by atoms with Crippen LogP contribution in [-0.2, 0) is 0 Å². The molecule has 2 aromatic rings. The van der Waals surface area contributed by atoms with Crippen molar-refractivity contribution in [1.29, 1.82) is 10.8 Å². The van der Waals surface area contributed by atoms with Crippen molar-refractivity contribution in [3.8, 4) is 0 Å². The van der Waals surface area contributed by atoms with Gasteiger partial charge in [-0.05, 0) is 0 Å². The minimum Gasteiger partial charge on any atom is -0.299 e. The van der Waals surface area contributed by atoms with Crippen LogP contribution >= 0.6 is 11.7 Å². The van der Waals surface area contributed by atoms with E-state index >= 15 is 0 Å².